The molecule has 0 radical (unpaired) electrons. The van der Waals surface area contributed by atoms with Gasteiger partial charge in [0.05, 0.1) is 5.60 Å². The van der Waals surface area contributed by atoms with Gasteiger partial charge in [0.25, 0.3) is 0 Å². The summed E-state index contributed by atoms with van der Waals surface area (Å²) in [7, 11) is 0. The summed E-state index contributed by atoms with van der Waals surface area (Å²) in [6.07, 6.45) is 6.78. The first-order valence-corrected chi connectivity index (χ1v) is 4.92. The third-order valence-electron chi connectivity index (χ3n) is 2.74. The highest BCUT2D eigenvalue weighted by Crippen LogP contribution is 2.39. The fraction of sp³-hybridized carbons (Fsp3) is 1.00. The van der Waals surface area contributed by atoms with Gasteiger partial charge in [-0.05, 0) is 25.2 Å². The Morgan fingerprint density at radius 1 is 1.36 bits per heavy atom. The highest BCUT2D eigenvalue weighted by atomic mass is 16.3. The maximum absolute atomic E-state index is 10.0. The van der Waals surface area contributed by atoms with Gasteiger partial charge in [-0.3, -0.25) is 0 Å². The lowest BCUT2D eigenvalue weighted by Gasteiger charge is -2.26. The monoisotopic (exact) mass is 156 g/mol. The minimum atomic E-state index is -0.323. The Labute approximate surface area is 69.8 Å². The maximum Gasteiger partial charge on any atom is 0.0647 e. The van der Waals surface area contributed by atoms with Crippen LogP contribution in [0.4, 0.5) is 0 Å². The molecule has 0 saturated heterocycles. The van der Waals surface area contributed by atoms with E-state index in [1.54, 1.807) is 0 Å². The van der Waals surface area contributed by atoms with Crippen molar-refractivity contribution < 1.29 is 5.11 Å². The van der Waals surface area contributed by atoms with Crippen LogP contribution in [0.3, 0.4) is 0 Å². The second kappa shape index (κ2) is 3.57. The largest absolute Gasteiger partial charge is 0.390 e. The minimum absolute atomic E-state index is 0.323. The Hall–Kier alpha value is -0.0400. The van der Waals surface area contributed by atoms with Crippen molar-refractivity contribution in [1.82, 2.24) is 0 Å². The lowest BCUT2D eigenvalue weighted by Crippen LogP contribution is -2.27. The van der Waals surface area contributed by atoms with Crippen LogP contribution in [-0.2, 0) is 0 Å². The lowest BCUT2D eigenvalue weighted by atomic mass is 9.89. The highest BCUT2D eigenvalue weighted by molar-refractivity contribution is 4.85. The molecule has 1 aliphatic carbocycles. The van der Waals surface area contributed by atoms with Gasteiger partial charge in [-0.2, -0.15) is 0 Å². The van der Waals surface area contributed by atoms with E-state index in [9.17, 15) is 5.11 Å². The van der Waals surface area contributed by atoms with Crippen molar-refractivity contribution in [3.05, 3.63) is 0 Å². The molecule has 1 N–H and O–H groups in total. The second-order valence-electron chi connectivity index (χ2n) is 3.98. The van der Waals surface area contributed by atoms with Gasteiger partial charge in [0.15, 0.2) is 0 Å². The zero-order chi connectivity index (χ0) is 8.32. The van der Waals surface area contributed by atoms with Crippen molar-refractivity contribution in [2.24, 2.45) is 5.92 Å². The van der Waals surface area contributed by atoms with Gasteiger partial charge < -0.3 is 5.11 Å². The first-order chi connectivity index (χ1) is 5.20. The van der Waals surface area contributed by atoms with Gasteiger partial charge in [0, 0.05) is 0 Å². The molecule has 0 spiro atoms. The molecule has 0 aromatic carbocycles. The molecule has 11 heavy (non-hydrogen) atoms. The van der Waals surface area contributed by atoms with Crippen LogP contribution < -0.4 is 0 Å². The summed E-state index contributed by atoms with van der Waals surface area (Å²) in [5.74, 6) is 0.853. The molecule has 0 aliphatic heterocycles. The number of aliphatic hydroxyl groups is 1. The Morgan fingerprint density at radius 2 is 2.00 bits per heavy atom. The molecule has 1 atom stereocenters. The first kappa shape index (κ1) is 9.05. The summed E-state index contributed by atoms with van der Waals surface area (Å²) in [5.41, 5.74) is -0.323. The lowest BCUT2D eigenvalue weighted by molar-refractivity contribution is 0.0129. The van der Waals surface area contributed by atoms with Crippen LogP contribution in [0.5, 0.6) is 0 Å². The molecule has 66 valence electrons. The summed E-state index contributed by atoms with van der Waals surface area (Å²) < 4.78 is 0. The van der Waals surface area contributed by atoms with E-state index in [0.29, 0.717) is 0 Å². The highest BCUT2D eigenvalue weighted by Gasteiger charge is 2.32. The Morgan fingerprint density at radius 3 is 2.36 bits per heavy atom. The van der Waals surface area contributed by atoms with Crippen molar-refractivity contribution in [3.63, 3.8) is 0 Å². The normalized spacial score (nSPS) is 23.2. The number of hydrogen-bond acceptors (Lipinski definition) is 1. The van der Waals surface area contributed by atoms with Crippen LogP contribution in [-0.4, -0.2) is 10.7 Å². The van der Waals surface area contributed by atoms with E-state index < -0.39 is 0 Å². The quantitative estimate of drug-likeness (QED) is 0.649. The molecule has 1 aliphatic rings. The Bertz CT molecular complexity index is 118. The summed E-state index contributed by atoms with van der Waals surface area (Å²) in [6, 6.07) is 0. The van der Waals surface area contributed by atoms with Gasteiger partial charge >= 0.3 is 0 Å². The molecular formula is C10H20O. The third-order valence-corrected chi connectivity index (χ3v) is 2.74. The smallest absolute Gasteiger partial charge is 0.0647 e. The van der Waals surface area contributed by atoms with Crippen LogP contribution in [0.2, 0.25) is 0 Å². The molecule has 0 aromatic heterocycles. The van der Waals surface area contributed by atoms with Crippen LogP contribution >= 0.6 is 0 Å². The van der Waals surface area contributed by atoms with Crippen LogP contribution in [0.25, 0.3) is 0 Å². The van der Waals surface area contributed by atoms with Crippen molar-refractivity contribution in [1.29, 1.82) is 0 Å². The average Bonchev–Trinajstić information content (AvgIpc) is 2.73. The maximum atomic E-state index is 10.0. The van der Waals surface area contributed by atoms with E-state index in [4.69, 9.17) is 0 Å². The molecule has 0 aromatic rings. The second-order valence-corrected chi connectivity index (χ2v) is 3.98. The SMILES string of the molecule is CCCC(O)(CC)CC1CC1. The van der Waals surface area contributed by atoms with Crippen LogP contribution in [0.15, 0.2) is 0 Å². The van der Waals surface area contributed by atoms with Gasteiger partial charge in [0.2, 0.25) is 0 Å². The molecular weight excluding hydrogens is 136 g/mol. The Kier molecular flexibility index (Phi) is 2.94. The van der Waals surface area contributed by atoms with E-state index in [-0.39, 0.29) is 5.60 Å². The van der Waals surface area contributed by atoms with E-state index in [0.717, 1.165) is 31.6 Å². The molecule has 0 heterocycles. The molecule has 0 bridgehead atoms. The number of rotatable bonds is 5. The van der Waals surface area contributed by atoms with E-state index in [1.165, 1.54) is 12.8 Å². The minimum Gasteiger partial charge on any atom is -0.390 e. The third kappa shape index (κ3) is 2.82. The zero-order valence-electron chi connectivity index (χ0n) is 7.77. The number of hydrogen-bond donors (Lipinski definition) is 1. The molecule has 0 amide bonds. The molecule has 1 unspecified atom stereocenters. The fourth-order valence-electron chi connectivity index (χ4n) is 1.75. The summed E-state index contributed by atoms with van der Waals surface area (Å²) in [4.78, 5) is 0. The fourth-order valence-corrected chi connectivity index (χ4v) is 1.75. The van der Waals surface area contributed by atoms with Crippen molar-refractivity contribution in [3.8, 4) is 0 Å². The standard InChI is InChI=1S/C10H20O/c1-3-7-10(11,4-2)8-9-5-6-9/h9,11H,3-8H2,1-2H3. The predicted molar refractivity (Wildman–Crippen MR) is 47.5 cm³/mol. The van der Waals surface area contributed by atoms with E-state index >= 15 is 0 Å². The van der Waals surface area contributed by atoms with Crippen molar-refractivity contribution in [2.75, 3.05) is 0 Å². The van der Waals surface area contributed by atoms with Gasteiger partial charge in [-0.15, -0.1) is 0 Å². The van der Waals surface area contributed by atoms with Gasteiger partial charge in [-0.1, -0.05) is 33.1 Å². The van der Waals surface area contributed by atoms with Crippen LogP contribution in [0, 0.1) is 5.92 Å². The average molecular weight is 156 g/mol. The van der Waals surface area contributed by atoms with Gasteiger partial charge in [-0.25, -0.2) is 0 Å². The van der Waals surface area contributed by atoms with Gasteiger partial charge in [0.1, 0.15) is 0 Å². The van der Waals surface area contributed by atoms with E-state index in [2.05, 4.69) is 13.8 Å². The van der Waals surface area contributed by atoms with Crippen molar-refractivity contribution in [2.45, 2.75) is 58.0 Å². The zero-order valence-corrected chi connectivity index (χ0v) is 7.77. The summed E-state index contributed by atoms with van der Waals surface area (Å²) in [5, 5.41) is 10.0. The molecule has 1 fully saturated rings. The predicted octanol–water partition coefficient (Wildman–Crippen LogP) is 2.73. The van der Waals surface area contributed by atoms with Crippen LogP contribution in [0.1, 0.15) is 52.4 Å². The molecule has 1 nitrogen and oxygen atoms in total. The van der Waals surface area contributed by atoms with Crippen molar-refractivity contribution >= 4 is 0 Å². The summed E-state index contributed by atoms with van der Waals surface area (Å²) >= 11 is 0. The first-order valence-electron chi connectivity index (χ1n) is 4.92. The topological polar surface area (TPSA) is 20.2 Å². The molecule has 1 heteroatoms. The molecule has 1 saturated carbocycles. The Balaban J connectivity index is 2.29. The van der Waals surface area contributed by atoms with E-state index in [1.807, 2.05) is 0 Å². The summed E-state index contributed by atoms with van der Waals surface area (Å²) in [6.45, 7) is 4.24. The molecule has 1 rings (SSSR count).